The first kappa shape index (κ1) is 24.0. The zero-order valence-electron chi connectivity index (χ0n) is 20.1. The van der Waals surface area contributed by atoms with E-state index in [1.54, 1.807) is 28.4 Å². The largest absolute Gasteiger partial charge is 0.491 e. The molecule has 1 aromatic heterocycles. The maximum absolute atomic E-state index is 13.6. The summed E-state index contributed by atoms with van der Waals surface area (Å²) >= 11 is 1.73. The molecule has 0 spiro atoms. The summed E-state index contributed by atoms with van der Waals surface area (Å²) in [6.07, 6.45) is 1.61. The first-order valence-corrected chi connectivity index (χ1v) is 12.8. The third kappa shape index (κ3) is 5.33. The zero-order chi connectivity index (χ0) is 24.1. The number of rotatable bonds is 8. The van der Waals surface area contributed by atoms with Gasteiger partial charge in [0.05, 0.1) is 6.04 Å². The molecule has 2 amide bonds. The van der Waals surface area contributed by atoms with E-state index in [1.165, 1.54) is 10.4 Å². The lowest BCUT2D eigenvalue weighted by Gasteiger charge is -2.38. The molecule has 178 valence electrons. The van der Waals surface area contributed by atoms with Crippen molar-refractivity contribution in [1.82, 2.24) is 9.80 Å². The molecule has 2 aromatic carbocycles. The summed E-state index contributed by atoms with van der Waals surface area (Å²) in [5.74, 6) is 0.642. The van der Waals surface area contributed by atoms with Crippen LogP contribution in [-0.2, 0) is 11.2 Å². The minimum Gasteiger partial charge on any atom is -0.491 e. The second-order valence-electron chi connectivity index (χ2n) is 8.83. The number of benzene rings is 2. The van der Waals surface area contributed by atoms with Gasteiger partial charge in [-0.25, -0.2) is 0 Å². The van der Waals surface area contributed by atoms with Crippen LogP contribution in [-0.4, -0.2) is 47.4 Å². The van der Waals surface area contributed by atoms with Crippen LogP contribution in [0.4, 0.5) is 0 Å². The molecule has 1 aliphatic heterocycles. The average Bonchev–Trinajstić information content (AvgIpc) is 3.35. The van der Waals surface area contributed by atoms with E-state index in [9.17, 15) is 9.59 Å². The van der Waals surface area contributed by atoms with Crippen LogP contribution in [0.3, 0.4) is 0 Å². The molecule has 5 nitrogen and oxygen atoms in total. The van der Waals surface area contributed by atoms with Crippen molar-refractivity contribution >= 4 is 23.2 Å². The zero-order valence-corrected chi connectivity index (χ0v) is 20.9. The Bertz CT molecular complexity index is 1110. The van der Waals surface area contributed by atoms with E-state index in [1.807, 2.05) is 68.1 Å². The second kappa shape index (κ2) is 10.9. The minimum absolute atomic E-state index is 0.0413. The summed E-state index contributed by atoms with van der Waals surface area (Å²) < 4.78 is 6.13. The van der Waals surface area contributed by atoms with Gasteiger partial charge < -0.3 is 14.5 Å². The lowest BCUT2D eigenvalue weighted by atomic mass is 10.00. The molecule has 0 unspecified atom stereocenters. The van der Waals surface area contributed by atoms with Gasteiger partial charge in [0, 0.05) is 23.0 Å². The number of carbonyl (C=O) groups is 2. The Morgan fingerprint density at radius 3 is 2.56 bits per heavy atom. The van der Waals surface area contributed by atoms with Crippen molar-refractivity contribution in [3.05, 3.63) is 87.6 Å². The molecule has 2 atom stereocenters. The smallest absolute Gasteiger partial charge is 0.254 e. The minimum atomic E-state index is -0.172. The molecular formula is C28H32N2O3S. The number of carbonyl (C=O) groups excluding carboxylic acids is 2. The molecule has 1 aliphatic rings. The monoisotopic (exact) mass is 476 g/mol. The van der Waals surface area contributed by atoms with Crippen molar-refractivity contribution in [2.75, 3.05) is 19.7 Å². The number of aryl methyl sites for hydroxylation is 1. The fourth-order valence-corrected chi connectivity index (χ4v) is 5.24. The molecule has 0 radical (unpaired) electrons. The van der Waals surface area contributed by atoms with Crippen molar-refractivity contribution in [3.63, 3.8) is 0 Å². The Morgan fingerprint density at radius 2 is 1.85 bits per heavy atom. The molecule has 0 bridgehead atoms. The lowest BCUT2D eigenvalue weighted by Crippen LogP contribution is -2.49. The molecule has 0 saturated heterocycles. The SMILES string of the molecule is CC[C@@H](C)N(CC(=O)N1CCc2sccc2[C@@H]1COc1ccc(C)cc1)C(=O)c1ccccc1. The van der Waals surface area contributed by atoms with E-state index in [4.69, 9.17) is 4.74 Å². The number of hydrogen-bond acceptors (Lipinski definition) is 4. The van der Waals surface area contributed by atoms with Gasteiger partial charge in [-0.15, -0.1) is 11.3 Å². The van der Waals surface area contributed by atoms with Crippen LogP contribution < -0.4 is 4.74 Å². The molecule has 2 heterocycles. The number of ether oxygens (including phenoxy) is 1. The third-order valence-electron chi connectivity index (χ3n) is 6.55. The van der Waals surface area contributed by atoms with Crippen LogP contribution >= 0.6 is 11.3 Å². The van der Waals surface area contributed by atoms with E-state index in [0.29, 0.717) is 18.7 Å². The van der Waals surface area contributed by atoms with E-state index >= 15 is 0 Å². The van der Waals surface area contributed by atoms with Crippen LogP contribution in [0.5, 0.6) is 5.75 Å². The van der Waals surface area contributed by atoms with Crippen molar-refractivity contribution in [3.8, 4) is 5.75 Å². The summed E-state index contributed by atoms with van der Waals surface area (Å²) in [6.45, 7) is 7.15. The van der Waals surface area contributed by atoms with Crippen LogP contribution in [0.15, 0.2) is 66.0 Å². The third-order valence-corrected chi connectivity index (χ3v) is 7.55. The Kier molecular flexibility index (Phi) is 7.68. The maximum atomic E-state index is 13.6. The van der Waals surface area contributed by atoms with Gasteiger partial charge in [-0.1, -0.05) is 42.8 Å². The molecule has 0 saturated carbocycles. The highest BCUT2D eigenvalue weighted by Crippen LogP contribution is 2.34. The molecule has 6 heteroatoms. The Morgan fingerprint density at radius 1 is 1.12 bits per heavy atom. The van der Waals surface area contributed by atoms with Crippen LogP contribution in [0.1, 0.15) is 52.7 Å². The summed E-state index contributed by atoms with van der Waals surface area (Å²) in [5.41, 5.74) is 2.94. The molecule has 34 heavy (non-hydrogen) atoms. The maximum Gasteiger partial charge on any atom is 0.254 e. The van der Waals surface area contributed by atoms with Crippen molar-refractivity contribution in [2.24, 2.45) is 0 Å². The van der Waals surface area contributed by atoms with Gasteiger partial charge in [-0.3, -0.25) is 9.59 Å². The number of thiophene rings is 1. The Labute approximate surface area is 206 Å². The number of amides is 2. The normalized spacial score (nSPS) is 16.0. The molecular weight excluding hydrogens is 444 g/mol. The summed E-state index contributed by atoms with van der Waals surface area (Å²) in [7, 11) is 0. The van der Waals surface area contributed by atoms with Crippen molar-refractivity contribution < 1.29 is 14.3 Å². The molecule has 0 N–H and O–H groups in total. The predicted molar refractivity (Wildman–Crippen MR) is 136 cm³/mol. The highest BCUT2D eigenvalue weighted by atomic mass is 32.1. The highest BCUT2D eigenvalue weighted by molar-refractivity contribution is 7.10. The first-order chi connectivity index (χ1) is 16.5. The van der Waals surface area contributed by atoms with Crippen LogP contribution in [0.25, 0.3) is 0 Å². The summed E-state index contributed by atoms with van der Waals surface area (Å²) in [6, 6.07) is 19.1. The molecule has 0 fully saturated rings. The standard InChI is InChI=1S/C28H32N2O3S/c1-4-21(3)30(28(32)22-8-6-5-7-9-22)18-27(31)29-16-14-26-24(15-17-34-26)25(29)19-33-23-12-10-20(2)11-13-23/h5-13,15,17,21,25H,4,14,16,18-19H2,1-3H3/t21-,25+/m1/s1. The van der Waals surface area contributed by atoms with E-state index < -0.39 is 0 Å². The fourth-order valence-electron chi connectivity index (χ4n) is 4.32. The fraction of sp³-hybridized carbons (Fsp3) is 0.357. The van der Waals surface area contributed by atoms with Gasteiger partial charge >= 0.3 is 0 Å². The molecule has 3 aromatic rings. The van der Waals surface area contributed by atoms with Gasteiger partial charge in [0.1, 0.15) is 18.9 Å². The number of nitrogens with zero attached hydrogens (tertiary/aromatic N) is 2. The quantitative estimate of drug-likeness (QED) is 0.431. The Hall–Kier alpha value is -3.12. The first-order valence-electron chi connectivity index (χ1n) is 11.9. The van der Waals surface area contributed by atoms with E-state index in [2.05, 4.69) is 11.4 Å². The summed E-state index contributed by atoms with van der Waals surface area (Å²) in [4.78, 5) is 31.8. The van der Waals surface area contributed by atoms with E-state index in [-0.39, 0.29) is 30.4 Å². The number of hydrogen-bond donors (Lipinski definition) is 0. The van der Waals surface area contributed by atoms with Gasteiger partial charge in [-0.2, -0.15) is 0 Å². The predicted octanol–water partition coefficient (Wildman–Crippen LogP) is 5.50. The molecule has 4 rings (SSSR count). The molecule has 0 aliphatic carbocycles. The average molecular weight is 477 g/mol. The number of fused-ring (bicyclic) bond motifs is 1. The van der Waals surface area contributed by atoms with Gasteiger partial charge in [-0.05, 0) is 68.0 Å². The lowest BCUT2D eigenvalue weighted by molar-refractivity contribution is -0.136. The van der Waals surface area contributed by atoms with Gasteiger partial charge in [0.15, 0.2) is 0 Å². The van der Waals surface area contributed by atoms with Crippen LogP contribution in [0, 0.1) is 6.92 Å². The second-order valence-corrected chi connectivity index (χ2v) is 9.83. The van der Waals surface area contributed by atoms with E-state index in [0.717, 1.165) is 24.2 Å². The Balaban J connectivity index is 1.54. The van der Waals surface area contributed by atoms with Crippen molar-refractivity contribution in [2.45, 2.75) is 45.7 Å². The van der Waals surface area contributed by atoms with Gasteiger partial charge in [0.2, 0.25) is 5.91 Å². The topological polar surface area (TPSA) is 49.9 Å². The van der Waals surface area contributed by atoms with Gasteiger partial charge in [0.25, 0.3) is 5.91 Å². The van der Waals surface area contributed by atoms with Crippen molar-refractivity contribution in [1.29, 1.82) is 0 Å². The van der Waals surface area contributed by atoms with Crippen LogP contribution in [0.2, 0.25) is 0 Å². The highest BCUT2D eigenvalue weighted by Gasteiger charge is 2.34. The summed E-state index contributed by atoms with van der Waals surface area (Å²) in [5, 5.41) is 2.09.